The fourth-order valence-electron chi connectivity index (χ4n) is 1.77. The molecule has 0 amide bonds. The van der Waals surface area contributed by atoms with Gasteiger partial charge in [-0.3, -0.25) is 0 Å². The van der Waals surface area contributed by atoms with E-state index in [0.29, 0.717) is 12.0 Å². The van der Waals surface area contributed by atoms with E-state index < -0.39 is 5.97 Å². The number of hydrogen-bond donors (Lipinski definition) is 1. The lowest BCUT2D eigenvalue weighted by Crippen LogP contribution is -2.07. The Balaban J connectivity index is 2.22. The van der Waals surface area contributed by atoms with Crippen LogP contribution >= 0.6 is 0 Å². The SMILES string of the molecule is COC(=O)C1=CC/C(=C\c2ccccc2)C(O)=C1. The monoisotopic (exact) mass is 242 g/mol. The third-order valence-corrected chi connectivity index (χ3v) is 2.72. The summed E-state index contributed by atoms with van der Waals surface area (Å²) in [6, 6.07) is 9.73. The number of methoxy groups -OCH3 is 1. The molecule has 0 aromatic heterocycles. The lowest BCUT2D eigenvalue weighted by atomic mass is 9.98. The van der Waals surface area contributed by atoms with Crippen molar-refractivity contribution in [2.75, 3.05) is 7.11 Å². The summed E-state index contributed by atoms with van der Waals surface area (Å²) in [5, 5.41) is 9.89. The summed E-state index contributed by atoms with van der Waals surface area (Å²) < 4.78 is 4.61. The number of benzene rings is 1. The molecule has 1 N–H and O–H groups in total. The molecule has 0 spiro atoms. The first-order valence-corrected chi connectivity index (χ1v) is 5.66. The molecule has 0 fully saturated rings. The molecule has 18 heavy (non-hydrogen) atoms. The molecule has 0 saturated heterocycles. The van der Waals surface area contributed by atoms with Crippen LogP contribution < -0.4 is 0 Å². The van der Waals surface area contributed by atoms with Crippen LogP contribution in [-0.2, 0) is 9.53 Å². The molecule has 0 unspecified atom stereocenters. The zero-order valence-corrected chi connectivity index (χ0v) is 10.1. The van der Waals surface area contributed by atoms with Crippen molar-refractivity contribution >= 4 is 12.0 Å². The molecule has 0 radical (unpaired) electrons. The Morgan fingerprint density at radius 1 is 1.33 bits per heavy atom. The lowest BCUT2D eigenvalue weighted by Gasteiger charge is -2.11. The number of esters is 1. The Labute approximate surface area is 106 Å². The molecule has 3 heteroatoms. The first kappa shape index (κ1) is 12.2. The molecule has 0 saturated carbocycles. The molecule has 0 bridgehead atoms. The normalized spacial score (nSPS) is 17.1. The van der Waals surface area contributed by atoms with Crippen molar-refractivity contribution in [1.82, 2.24) is 0 Å². The lowest BCUT2D eigenvalue weighted by molar-refractivity contribution is -0.135. The highest BCUT2D eigenvalue weighted by molar-refractivity contribution is 5.92. The second-order valence-corrected chi connectivity index (χ2v) is 3.97. The van der Waals surface area contributed by atoms with Crippen LogP contribution in [0.25, 0.3) is 6.08 Å². The fraction of sp³-hybridized carbons (Fsp3) is 0.133. The van der Waals surface area contributed by atoms with Gasteiger partial charge in [0.2, 0.25) is 0 Å². The van der Waals surface area contributed by atoms with Crippen molar-refractivity contribution in [2.24, 2.45) is 0 Å². The minimum atomic E-state index is -0.430. The molecule has 1 aliphatic carbocycles. The van der Waals surface area contributed by atoms with Gasteiger partial charge in [0.25, 0.3) is 0 Å². The summed E-state index contributed by atoms with van der Waals surface area (Å²) in [4.78, 5) is 11.3. The highest BCUT2D eigenvalue weighted by Gasteiger charge is 2.15. The number of aliphatic hydroxyl groups excluding tert-OH is 1. The highest BCUT2D eigenvalue weighted by Crippen LogP contribution is 2.24. The van der Waals surface area contributed by atoms with E-state index in [-0.39, 0.29) is 5.76 Å². The molecule has 92 valence electrons. The third-order valence-electron chi connectivity index (χ3n) is 2.72. The van der Waals surface area contributed by atoms with Crippen molar-refractivity contribution in [3.05, 3.63) is 65.0 Å². The summed E-state index contributed by atoms with van der Waals surface area (Å²) in [6.07, 6.45) is 5.60. The van der Waals surface area contributed by atoms with Gasteiger partial charge >= 0.3 is 5.97 Å². The van der Waals surface area contributed by atoms with Gasteiger partial charge in [0.05, 0.1) is 12.7 Å². The summed E-state index contributed by atoms with van der Waals surface area (Å²) in [6.45, 7) is 0. The van der Waals surface area contributed by atoms with E-state index in [0.717, 1.165) is 11.1 Å². The van der Waals surface area contributed by atoms with Gasteiger partial charge in [-0.1, -0.05) is 36.4 Å². The van der Waals surface area contributed by atoms with Gasteiger partial charge < -0.3 is 9.84 Å². The highest BCUT2D eigenvalue weighted by atomic mass is 16.5. The zero-order valence-electron chi connectivity index (χ0n) is 10.1. The van der Waals surface area contributed by atoms with E-state index in [4.69, 9.17) is 0 Å². The van der Waals surface area contributed by atoms with Gasteiger partial charge in [-0.25, -0.2) is 4.79 Å². The Morgan fingerprint density at radius 2 is 2.06 bits per heavy atom. The standard InChI is InChI=1S/C15H14O3/c1-18-15(17)13-8-7-12(14(16)10-13)9-11-5-3-2-4-6-11/h2-6,8-10,16H,7H2,1H3/b12-9+. The summed E-state index contributed by atoms with van der Waals surface area (Å²) in [5.74, 6) is -0.318. The molecule has 1 aliphatic rings. The van der Waals surface area contributed by atoms with Crippen LogP contribution in [0.2, 0.25) is 0 Å². The average molecular weight is 242 g/mol. The number of ether oxygens (including phenoxy) is 1. The number of carbonyl (C=O) groups is 1. The quantitative estimate of drug-likeness (QED) is 0.811. The van der Waals surface area contributed by atoms with E-state index >= 15 is 0 Å². The first-order valence-electron chi connectivity index (χ1n) is 5.66. The van der Waals surface area contributed by atoms with E-state index in [1.807, 2.05) is 36.4 Å². The average Bonchev–Trinajstić information content (AvgIpc) is 2.41. The third kappa shape index (κ3) is 2.69. The van der Waals surface area contributed by atoms with E-state index in [9.17, 15) is 9.90 Å². The van der Waals surface area contributed by atoms with Crippen molar-refractivity contribution in [1.29, 1.82) is 0 Å². The zero-order chi connectivity index (χ0) is 13.0. The molecule has 1 aromatic carbocycles. The topological polar surface area (TPSA) is 46.5 Å². The summed E-state index contributed by atoms with van der Waals surface area (Å²) in [5.41, 5.74) is 2.19. The molecule has 1 aromatic rings. The minimum absolute atomic E-state index is 0.113. The summed E-state index contributed by atoms with van der Waals surface area (Å²) in [7, 11) is 1.32. The molecular weight excluding hydrogens is 228 g/mol. The van der Waals surface area contributed by atoms with E-state index in [1.165, 1.54) is 13.2 Å². The van der Waals surface area contributed by atoms with Crippen LogP contribution in [0.3, 0.4) is 0 Å². The van der Waals surface area contributed by atoms with Crippen molar-refractivity contribution < 1.29 is 14.6 Å². The maximum atomic E-state index is 11.3. The van der Waals surface area contributed by atoms with Crippen LogP contribution in [0.15, 0.2) is 59.4 Å². The number of hydrogen-bond acceptors (Lipinski definition) is 3. The van der Waals surface area contributed by atoms with Crippen molar-refractivity contribution in [3.63, 3.8) is 0 Å². The molecule has 3 nitrogen and oxygen atoms in total. The number of allylic oxidation sites excluding steroid dienone is 2. The van der Waals surface area contributed by atoms with Crippen LogP contribution in [-0.4, -0.2) is 18.2 Å². The van der Waals surface area contributed by atoms with Gasteiger partial charge in [-0.15, -0.1) is 0 Å². The van der Waals surface area contributed by atoms with Crippen LogP contribution in [0, 0.1) is 0 Å². The number of carbonyl (C=O) groups excluding carboxylic acids is 1. The van der Waals surface area contributed by atoms with Gasteiger partial charge in [0.15, 0.2) is 0 Å². The largest absolute Gasteiger partial charge is 0.508 e. The molecule has 0 aliphatic heterocycles. The molecule has 0 atom stereocenters. The smallest absolute Gasteiger partial charge is 0.337 e. The van der Waals surface area contributed by atoms with Gasteiger partial charge in [-0.2, -0.15) is 0 Å². The van der Waals surface area contributed by atoms with E-state index in [1.54, 1.807) is 6.08 Å². The summed E-state index contributed by atoms with van der Waals surface area (Å²) >= 11 is 0. The van der Waals surface area contributed by atoms with Crippen molar-refractivity contribution in [3.8, 4) is 0 Å². The second-order valence-electron chi connectivity index (χ2n) is 3.97. The number of rotatable bonds is 2. The predicted molar refractivity (Wildman–Crippen MR) is 69.8 cm³/mol. The maximum absolute atomic E-state index is 11.3. The molecule has 2 rings (SSSR count). The fourth-order valence-corrected chi connectivity index (χ4v) is 1.77. The van der Waals surface area contributed by atoms with E-state index in [2.05, 4.69) is 4.74 Å². The van der Waals surface area contributed by atoms with Crippen molar-refractivity contribution in [2.45, 2.75) is 6.42 Å². The first-order chi connectivity index (χ1) is 8.70. The Hall–Kier alpha value is -2.29. The van der Waals surface area contributed by atoms with Crippen LogP contribution in [0.4, 0.5) is 0 Å². The Bertz CT molecular complexity index is 536. The van der Waals surface area contributed by atoms with Gasteiger partial charge in [0.1, 0.15) is 5.76 Å². The molecular formula is C15H14O3. The molecule has 0 heterocycles. The minimum Gasteiger partial charge on any atom is -0.508 e. The predicted octanol–water partition coefficient (Wildman–Crippen LogP) is 3.02. The Morgan fingerprint density at radius 3 is 2.67 bits per heavy atom. The van der Waals surface area contributed by atoms with Crippen LogP contribution in [0.1, 0.15) is 12.0 Å². The van der Waals surface area contributed by atoms with Gasteiger partial charge in [-0.05, 0) is 29.7 Å². The van der Waals surface area contributed by atoms with Crippen LogP contribution in [0.5, 0.6) is 0 Å². The maximum Gasteiger partial charge on any atom is 0.337 e. The second kappa shape index (κ2) is 5.36. The number of aliphatic hydroxyl groups is 1. The van der Waals surface area contributed by atoms with Gasteiger partial charge in [0, 0.05) is 0 Å². The Kier molecular flexibility index (Phi) is 3.63.